The second-order valence-corrected chi connectivity index (χ2v) is 3.82. The number of nitro benzene ring substituents is 1. The highest BCUT2D eigenvalue weighted by atomic mass is 19.1. The monoisotopic (exact) mass is 266 g/mol. The Balaban J connectivity index is 2.30. The minimum absolute atomic E-state index is 0.0636. The molecule has 2 aromatic rings. The number of nitrogens with one attached hydrogen (secondary N) is 1. The van der Waals surface area contributed by atoms with Crippen molar-refractivity contribution in [2.24, 2.45) is 0 Å². The number of nitrogens with zero attached hydrogens (tertiary/aromatic N) is 3. The number of likely N-dealkylation sites (N-methyl/N-ethyl adjacent to an activating group) is 1. The average molecular weight is 266 g/mol. The van der Waals surface area contributed by atoms with Crippen molar-refractivity contribution in [3.05, 3.63) is 40.0 Å². The molecule has 0 saturated heterocycles. The Morgan fingerprint density at radius 3 is 2.95 bits per heavy atom. The molecule has 0 radical (unpaired) electrons. The first kappa shape index (κ1) is 13.1. The van der Waals surface area contributed by atoms with Gasteiger partial charge < -0.3 is 9.84 Å². The van der Waals surface area contributed by atoms with Gasteiger partial charge >= 0.3 is 0 Å². The topological polar surface area (TPSA) is 94.1 Å². The highest BCUT2D eigenvalue weighted by Crippen LogP contribution is 2.24. The quantitative estimate of drug-likeness (QED) is 0.651. The lowest BCUT2D eigenvalue weighted by atomic mass is 10.2. The predicted molar refractivity (Wildman–Crippen MR) is 64.0 cm³/mol. The van der Waals surface area contributed by atoms with Crippen LogP contribution >= 0.6 is 0 Å². The van der Waals surface area contributed by atoms with Gasteiger partial charge in [0.25, 0.3) is 11.6 Å². The molecule has 1 aromatic carbocycles. The highest BCUT2D eigenvalue weighted by molar-refractivity contribution is 5.57. The van der Waals surface area contributed by atoms with Crippen molar-refractivity contribution in [3.63, 3.8) is 0 Å². The third-order valence-corrected chi connectivity index (χ3v) is 2.41. The average Bonchev–Trinajstić information content (AvgIpc) is 2.84. The molecule has 0 unspecified atom stereocenters. The van der Waals surface area contributed by atoms with Crippen LogP contribution in [0.3, 0.4) is 0 Å². The zero-order chi connectivity index (χ0) is 13.8. The smallest absolute Gasteiger partial charge is 0.273 e. The van der Waals surface area contributed by atoms with E-state index < -0.39 is 10.7 Å². The van der Waals surface area contributed by atoms with E-state index in [1.165, 1.54) is 6.07 Å². The second kappa shape index (κ2) is 5.53. The van der Waals surface area contributed by atoms with Gasteiger partial charge in [-0.05, 0) is 13.1 Å². The van der Waals surface area contributed by atoms with E-state index in [0.717, 1.165) is 12.1 Å². The second-order valence-electron chi connectivity index (χ2n) is 3.82. The minimum atomic E-state index is -0.723. The molecule has 0 atom stereocenters. The Morgan fingerprint density at radius 1 is 1.47 bits per heavy atom. The summed E-state index contributed by atoms with van der Waals surface area (Å²) in [4.78, 5) is 14.0. The molecule has 8 heteroatoms. The van der Waals surface area contributed by atoms with E-state index in [1.807, 2.05) is 0 Å². The summed E-state index contributed by atoms with van der Waals surface area (Å²) in [5, 5.41) is 17.3. The van der Waals surface area contributed by atoms with E-state index in [2.05, 4.69) is 15.5 Å². The normalized spacial score (nSPS) is 10.6. The number of aromatic nitrogens is 2. The molecule has 0 amide bonds. The van der Waals surface area contributed by atoms with Crippen LogP contribution in [0.2, 0.25) is 0 Å². The Hall–Kier alpha value is -2.35. The fraction of sp³-hybridized carbons (Fsp3) is 0.273. The number of non-ortho nitro benzene ring substituents is 1. The van der Waals surface area contributed by atoms with Crippen LogP contribution < -0.4 is 5.32 Å². The molecule has 0 aliphatic heterocycles. The third-order valence-electron chi connectivity index (χ3n) is 2.41. The van der Waals surface area contributed by atoms with Crippen LogP contribution in [0.5, 0.6) is 0 Å². The van der Waals surface area contributed by atoms with E-state index in [9.17, 15) is 14.5 Å². The molecule has 2 rings (SSSR count). The van der Waals surface area contributed by atoms with Crippen molar-refractivity contribution in [1.29, 1.82) is 0 Å². The van der Waals surface area contributed by atoms with E-state index >= 15 is 0 Å². The maximum Gasteiger partial charge on any atom is 0.273 e. The van der Waals surface area contributed by atoms with Crippen molar-refractivity contribution in [2.45, 2.75) is 6.42 Å². The first-order chi connectivity index (χ1) is 9.10. The molecule has 19 heavy (non-hydrogen) atoms. The largest absolute Gasteiger partial charge is 0.334 e. The first-order valence-corrected chi connectivity index (χ1v) is 5.52. The van der Waals surface area contributed by atoms with E-state index in [-0.39, 0.29) is 17.1 Å². The Bertz CT molecular complexity index is 599. The summed E-state index contributed by atoms with van der Waals surface area (Å²) in [6.45, 7) is 0.669. The Labute approximate surface area is 107 Å². The molecule has 0 bridgehead atoms. The van der Waals surface area contributed by atoms with Crippen LogP contribution in [0.15, 0.2) is 22.7 Å². The van der Waals surface area contributed by atoms with Crippen molar-refractivity contribution in [1.82, 2.24) is 15.5 Å². The van der Waals surface area contributed by atoms with Gasteiger partial charge in [0.15, 0.2) is 5.82 Å². The van der Waals surface area contributed by atoms with Crippen LogP contribution in [0.1, 0.15) is 5.82 Å². The number of halogens is 1. The maximum absolute atomic E-state index is 13.3. The fourth-order valence-electron chi connectivity index (χ4n) is 1.51. The molecule has 0 fully saturated rings. The van der Waals surface area contributed by atoms with Gasteiger partial charge in [-0.3, -0.25) is 10.1 Å². The van der Waals surface area contributed by atoms with Gasteiger partial charge in [-0.2, -0.15) is 4.98 Å². The molecule has 1 aromatic heterocycles. The molecule has 0 spiro atoms. The molecular formula is C11H11FN4O3. The van der Waals surface area contributed by atoms with E-state index in [0.29, 0.717) is 18.8 Å². The van der Waals surface area contributed by atoms with Gasteiger partial charge in [0.2, 0.25) is 0 Å². The van der Waals surface area contributed by atoms with Crippen LogP contribution in [-0.2, 0) is 6.42 Å². The molecule has 7 nitrogen and oxygen atoms in total. The van der Waals surface area contributed by atoms with Gasteiger partial charge in [0.1, 0.15) is 5.82 Å². The number of rotatable bonds is 5. The van der Waals surface area contributed by atoms with Crippen LogP contribution in [-0.4, -0.2) is 28.7 Å². The van der Waals surface area contributed by atoms with Gasteiger partial charge in [0, 0.05) is 24.6 Å². The summed E-state index contributed by atoms with van der Waals surface area (Å²) >= 11 is 0. The highest BCUT2D eigenvalue weighted by Gasteiger charge is 2.15. The molecule has 0 saturated carbocycles. The Kier molecular flexibility index (Phi) is 3.81. The SMILES string of the molecule is CNCCc1noc(-c2cc(F)cc([N+](=O)[O-])c2)n1. The van der Waals surface area contributed by atoms with Crippen LogP contribution in [0, 0.1) is 15.9 Å². The summed E-state index contributed by atoms with van der Waals surface area (Å²) in [7, 11) is 1.79. The predicted octanol–water partition coefficient (Wildman–Crippen LogP) is 1.55. The molecule has 1 heterocycles. The summed E-state index contributed by atoms with van der Waals surface area (Å²) in [6, 6.07) is 3.14. The standard InChI is InChI=1S/C11H11FN4O3/c1-13-3-2-10-14-11(19-15-10)7-4-8(12)6-9(5-7)16(17)18/h4-6,13H,2-3H2,1H3. The summed E-state index contributed by atoms with van der Waals surface area (Å²) in [5.41, 5.74) is -0.167. The van der Waals surface area contributed by atoms with Gasteiger partial charge in [-0.15, -0.1) is 0 Å². The van der Waals surface area contributed by atoms with Crippen molar-refractivity contribution >= 4 is 5.69 Å². The molecule has 0 aliphatic rings. The Morgan fingerprint density at radius 2 is 2.26 bits per heavy atom. The van der Waals surface area contributed by atoms with Crippen LogP contribution in [0.4, 0.5) is 10.1 Å². The third kappa shape index (κ3) is 3.10. The van der Waals surface area contributed by atoms with Gasteiger partial charge in [0.05, 0.1) is 11.0 Å². The van der Waals surface area contributed by atoms with Crippen LogP contribution in [0.25, 0.3) is 11.5 Å². The van der Waals surface area contributed by atoms with E-state index in [1.54, 1.807) is 7.05 Å². The molecule has 0 aliphatic carbocycles. The molecule has 1 N–H and O–H groups in total. The zero-order valence-electron chi connectivity index (χ0n) is 10.1. The number of hydrogen-bond donors (Lipinski definition) is 1. The number of benzene rings is 1. The summed E-state index contributed by atoms with van der Waals surface area (Å²) < 4.78 is 18.2. The number of hydrogen-bond acceptors (Lipinski definition) is 6. The van der Waals surface area contributed by atoms with Gasteiger partial charge in [-0.1, -0.05) is 5.16 Å². The molecule has 100 valence electrons. The fourth-order valence-corrected chi connectivity index (χ4v) is 1.51. The van der Waals surface area contributed by atoms with Crippen molar-refractivity contribution < 1.29 is 13.8 Å². The molecular weight excluding hydrogens is 255 g/mol. The zero-order valence-corrected chi connectivity index (χ0v) is 10.1. The van der Waals surface area contributed by atoms with E-state index in [4.69, 9.17) is 4.52 Å². The first-order valence-electron chi connectivity index (χ1n) is 5.52. The summed E-state index contributed by atoms with van der Waals surface area (Å²) in [6.07, 6.45) is 0.553. The van der Waals surface area contributed by atoms with Crippen molar-refractivity contribution in [3.8, 4) is 11.5 Å². The summed E-state index contributed by atoms with van der Waals surface area (Å²) in [5.74, 6) is -0.204. The lowest BCUT2D eigenvalue weighted by Gasteiger charge is -1.96. The number of nitro groups is 1. The lowest BCUT2D eigenvalue weighted by molar-refractivity contribution is -0.385. The van der Waals surface area contributed by atoms with Crippen molar-refractivity contribution in [2.75, 3.05) is 13.6 Å². The minimum Gasteiger partial charge on any atom is -0.334 e. The maximum atomic E-state index is 13.3. The van der Waals surface area contributed by atoms with Gasteiger partial charge in [-0.25, -0.2) is 4.39 Å². The lowest BCUT2D eigenvalue weighted by Crippen LogP contribution is -2.11.